The van der Waals surface area contributed by atoms with E-state index in [9.17, 15) is 4.79 Å². The second kappa shape index (κ2) is 9.47. The van der Waals surface area contributed by atoms with Crippen molar-refractivity contribution in [3.8, 4) is 0 Å². The van der Waals surface area contributed by atoms with Crippen molar-refractivity contribution in [2.75, 3.05) is 40.5 Å². The summed E-state index contributed by atoms with van der Waals surface area (Å²) in [6, 6.07) is 7.63. The number of hydrogen-bond acceptors (Lipinski definition) is 4. The summed E-state index contributed by atoms with van der Waals surface area (Å²) < 4.78 is 5.12. The van der Waals surface area contributed by atoms with Gasteiger partial charge in [-0.1, -0.05) is 12.1 Å². The van der Waals surface area contributed by atoms with Crippen molar-refractivity contribution in [3.05, 3.63) is 35.4 Å². The summed E-state index contributed by atoms with van der Waals surface area (Å²) in [6.45, 7) is 2.36. The highest BCUT2D eigenvalue weighted by atomic mass is 16.5. The third-order valence-corrected chi connectivity index (χ3v) is 2.70. The molecule has 0 bridgehead atoms. The molecule has 0 heterocycles. The first-order chi connectivity index (χ1) is 9.63. The van der Waals surface area contributed by atoms with Crippen LogP contribution in [-0.2, 0) is 11.3 Å². The number of aliphatic hydroxyl groups excluding tert-OH is 1. The van der Waals surface area contributed by atoms with E-state index >= 15 is 0 Å². The van der Waals surface area contributed by atoms with Gasteiger partial charge in [-0.25, -0.2) is 0 Å². The Morgan fingerprint density at radius 3 is 2.55 bits per heavy atom. The molecule has 1 aromatic rings. The SMILES string of the molecule is CN(C)Cc1ccc(C(=O)NCCCOCCO)cc1. The second-order valence-corrected chi connectivity index (χ2v) is 4.88. The molecule has 0 unspecified atom stereocenters. The molecule has 0 fully saturated rings. The van der Waals surface area contributed by atoms with Gasteiger partial charge in [-0.3, -0.25) is 4.79 Å². The molecule has 1 rings (SSSR count). The van der Waals surface area contributed by atoms with Gasteiger partial charge in [-0.15, -0.1) is 0 Å². The highest BCUT2D eigenvalue weighted by Crippen LogP contribution is 2.06. The number of aliphatic hydroxyl groups is 1. The zero-order valence-corrected chi connectivity index (χ0v) is 12.3. The molecule has 0 aliphatic carbocycles. The Bertz CT molecular complexity index is 391. The average molecular weight is 280 g/mol. The molecule has 0 aliphatic rings. The van der Waals surface area contributed by atoms with E-state index < -0.39 is 0 Å². The lowest BCUT2D eigenvalue weighted by Crippen LogP contribution is -2.25. The van der Waals surface area contributed by atoms with Gasteiger partial charge in [-0.2, -0.15) is 0 Å². The third-order valence-electron chi connectivity index (χ3n) is 2.70. The Morgan fingerprint density at radius 2 is 1.95 bits per heavy atom. The maximum absolute atomic E-state index is 11.9. The van der Waals surface area contributed by atoms with E-state index in [2.05, 4.69) is 10.2 Å². The summed E-state index contributed by atoms with van der Waals surface area (Å²) in [4.78, 5) is 13.9. The number of hydrogen-bond donors (Lipinski definition) is 2. The van der Waals surface area contributed by atoms with Gasteiger partial charge in [-0.05, 0) is 38.2 Å². The number of carbonyl (C=O) groups excluding carboxylic acids is 1. The van der Waals surface area contributed by atoms with Gasteiger partial charge in [0.25, 0.3) is 5.91 Å². The predicted molar refractivity (Wildman–Crippen MR) is 78.7 cm³/mol. The van der Waals surface area contributed by atoms with Gasteiger partial charge in [0.1, 0.15) is 0 Å². The van der Waals surface area contributed by atoms with Gasteiger partial charge in [0.05, 0.1) is 13.2 Å². The summed E-state index contributed by atoms with van der Waals surface area (Å²) in [6.07, 6.45) is 0.741. The van der Waals surface area contributed by atoms with Crippen LogP contribution in [0, 0.1) is 0 Å². The highest BCUT2D eigenvalue weighted by molar-refractivity contribution is 5.94. The van der Waals surface area contributed by atoms with Crippen molar-refractivity contribution >= 4 is 5.91 Å². The van der Waals surface area contributed by atoms with E-state index in [1.165, 1.54) is 5.56 Å². The molecule has 112 valence electrons. The van der Waals surface area contributed by atoms with E-state index in [0.717, 1.165) is 13.0 Å². The summed E-state index contributed by atoms with van der Waals surface area (Å²) in [5, 5.41) is 11.4. The fourth-order valence-electron chi connectivity index (χ4n) is 1.77. The molecule has 2 N–H and O–H groups in total. The highest BCUT2D eigenvalue weighted by Gasteiger charge is 2.04. The second-order valence-electron chi connectivity index (χ2n) is 4.88. The molecule has 0 spiro atoms. The van der Waals surface area contributed by atoms with Gasteiger partial charge in [0, 0.05) is 25.3 Å². The minimum absolute atomic E-state index is 0.0334. The van der Waals surface area contributed by atoms with Crippen LogP contribution in [0.2, 0.25) is 0 Å². The largest absolute Gasteiger partial charge is 0.394 e. The molecule has 0 saturated heterocycles. The Labute approximate surface area is 120 Å². The van der Waals surface area contributed by atoms with Crippen LogP contribution in [0.3, 0.4) is 0 Å². The maximum Gasteiger partial charge on any atom is 0.251 e. The number of rotatable bonds is 9. The normalized spacial score (nSPS) is 10.8. The van der Waals surface area contributed by atoms with Crippen LogP contribution in [-0.4, -0.2) is 56.4 Å². The monoisotopic (exact) mass is 280 g/mol. The Kier molecular flexibility index (Phi) is 7.87. The van der Waals surface area contributed by atoms with E-state index in [1.807, 2.05) is 38.4 Å². The molecular formula is C15H24N2O3. The van der Waals surface area contributed by atoms with E-state index in [4.69, 9.17) is 9.84 Å². The fourth-order valence-corrected chi connectivity index (χ4v) is 1.77. The van der Waals surface area contributed by atoms with Crippen LogP contribution in [0.1, 0.15) is 22.3 Å². The Hall–Kier alpha value is -1.43. The molecule has 0 atom stereocenters. The topological polar surface area (TPSA) is 61.8 Å². The van der Waals surface area contributed by atoms with E-state index in [0.29, 0.717) is 25.3 Å². The van der Waals surface area contributed by atoms with Crippen molar-refractivity contribution in [1.29, 1.82) is 0 Å². The van der Waals surface area contributed by atoms with Gasteiger partial charge >= 0.3 is 0 Å². The molecule has 0 saturated carbocycles. The van der Waals surface area contributed by atoms with Crippen molar-refractivity contribution in [1.82, 2.24) is 10.2 Å². The van der Waals surface area contributed by atoms with Gasteiger partial charge in [0.15, 0.2) is 0 Å². The van der Waals surface area contributed by atoms with Crippen molar-refractivity contribution in [2.24, 2.45) is 0 Å². The summed E-state index contributed by atoms with van der Waals surface area (Å²) >= 11 is 0. The van der Waals surface area contributed by atoms with Crippen molar-refractivity contribution < 1.29 is 14.6 Å². The van der Waals surface area contributed by atoms with Gasteiger partial charge < -0.3 is 20.1 Å². The van der Waals surface area contributed by atoms with Crippen LogP contribution >= 0.6 is 0 Å². The van der Waals surface area contributed by atoms with Gasteiger partial charge in [0.2, 0.25) is 0 Å². The lowest BCUT2D eigenvalue weighted by molar-refractivity contribution is 0.0867. The van der Waals surface area contributed by atoms with Crippen LogP contribution in [0.5, 0.6) is 0 Å². The molecule has 5 nitrogen and oxygen atoms in total. The Balaban J connectivity index is 2.29. The zero-order chi connectivity index (χ0) is 14.8. The number of benzene rings is 1. The van der Waals surface area contributed by atoms with Crippen LogP contribution in [0.4, 0.5) is 0 Å². The number of ether oxygens (including phenoxy) is 1. The predicted octanol–water partition coefficient (Wildman–Crippen LogP) is 0.877. The maximum atomic E-state index is 11.9. The molecule has 0 aliphatic heterocycles. The minimum atomic E-state index is -0.0661. The molecule has 1 aromatic carbocycles. The fraction of sp³-hybridized carbons (Fsp3) is 0.533. The van der Waals surface area contributed by atoms with Crippen LogP contribution < -0.4 is 5.32 Å². The minimum Gasteiger partial charge on any atom is -0.394 e. The standard InChI is InChI=1S/C15H24N2O3/c1-17(2)12-13-4-6-14(7-5-13)15(19)16-8-3-10-20-11-9-18/h4-7,18H,3,8-12H2,1-2H3,(H,16,19). The van der Waals surface area contributed by atoms with Crippen molar-refractivity contribution in [3.63, 3.8) is 0 Å². The molecule has 1 amide bonds. The lowest BCUT2D eigenvalue weighted by atomic mass is 10.1. The summed E-state index contributed by atoms with van der Waals surface area (Å²) in [5.74, 6) is -0.0661. The smallest absolute Gasteiger partial charge is 0.251 e. The number of carbonyl (C=O) groups is 1. The molecular weight excluding hydrogens is 256 g/mol. The molecule has 0 radical (unpaired) electrons. The summed E-state index contributed by atoms with van der Waals surface area (Å²) in [7, 11) is 4.03. The molecule has 5 heteroatoms. The van der Waals surface area contributed by atoms with Crippen LogP contribution in [0.15, 0.2) is 24.3 Å². The quantitative estimate of drug-likeness (QED) is 0.659. The third kappa shape index (κ3) is 6.65. The van der Waals surface area contributed by atoms with E-state index in [-0.39, 0.29) is 12.5 Å². The summed E-state index contributed by atoms with van der Waals surface area (Å²) in [5.41, 5.74) is 1.85. The first kappa shape index (κ1) is 16.6. The molecule has 20 heavy (non-hydrogen) atoms. The lowest BCUT2D eigenvalue weighted by Gasteiger charge is -2.10. The number of amides is 1. The first-order valence-electron chi connectivity index (χ1n) is 6.84. The number of nitrogens with one attached hydrogen (secondary N) is 1. The molecule has 0 aromatic heterocycles. The van der Waals surface area contributed by atoms with Crippen molar-refractivity contribution in [2.45, 2.75) is 13.0 Å². The zero-order valence-electron chi connectivity index (χ0n) is 12.3. The first-order valence-corrected chi connectivity index (χ1v) is 6.84. The Morgan fingerprint density at radius 1 is 1.25 bits per heavy atom. The number of nitrogens with zero attached hydrogens (tertiary/aromatic N) is 1. The van der Waals surface area contributed by atoms with E-state index in [1.54, 1.807) is 0 Å². The average Bonchev–Trinajstić information content (AvgIpc) is 2.42. The van der Waals surface area contributed by atoms with Crippen LogP contribution in [0.25, 0.3) is 0 Å².